The molecule has 1 aliphatic heterocycles. The highest BCUT2D eigenvalue weighted by molar-refractivity contribution is 6.02. The first-order valence-electron chi connectivity index (χ1n) is 18.5. The summed E-state index contributed by atoms with van der Waals surface area (Å²) in [5, 5.41) is 8.69. The fraction of sp³-hybridized carbons (Fsp3) is 0.267. The van der Waals surface area contributed by atoms with Crippen LogP contribution < -0.4 is 10.1 Å². The van der Waals surface area contributed by atoms with Crippen LogP contribution in [0.25, 0.3) is 22.0 Å². The SMILES string of the molecule is COc1ccc(-c2ccc3c(c2)c(NC(=O)C2CCCN(C(=O)OC(C)(C)C)C2)nn3C(c2ccccc2)(c2ccccc2)c2ccccc2)c(C(F)(F)F)c1. The third-order valence-corrected chi connectivity index (χ3v) is 10.1. The zero-order valence-corrected chi connectivity index (χ0v) is 31.6. The van der Waals surface area contributed by atoms with Crippen LogP contribution >= 0.6 is 0 Å². The Hall–Kier alpha value is -6.10. The third kappa shape index (κ3) is 7.45. The maximum atomic E-state index is 14.6. The number of anilines is 1. The molecule has 1 unspecified atom stereocenters. The average Bonchev–Trinajstić information content (AvgIpc) is 3.55. The standard InChI is InChI=1S/C45H43F3N4O4/c1-43(2,3)56-42(54)51-26-14-15-31(29-51)41(53)49-40-37-27-30(36-24-23-35(55-4)28-38(36)45(46,47)48)22-25-39(37)52(50-40)44(32-16-8-5-9-17-32,33-18-10-6-11-19-33)34-20-12-7-13-21-34/h5-13,16-25,27-28,31H,14-15,26,29H2,1-4H3,(H,49,50,53). The molecule has 0 spiro atoms. The van der Waals surface area contributed by atoms with Crippen LogP contribution in [0.2, 0.25) is 0 Å². The van der Waals surface area contributed by atoms with Crippen molar-refractivity contribution in [3.05, 3.63) is 150 Å². The number of hydrogen-bond acceptors (Lipinski definition) is 5. The van der Waals surface area contributed by atoms with Crippen LogP contribution in [-0.2, 0) is 21.2 Å². The monoisotopic (exact) mass is 760 g/mol. The number of alkyl halides is 3. The van der Waals surface area contributed by atoms with Gasteiger partial charge < -0.3 is 19.7 Å². The molecule has 288 valence electrons. The number of carbonyl (C=O) groups is 2. The van der Waals surface area contributed by atoms with Gasteiger partial charge in [-0.1, -0.05) is 103 Å². The molecule has 6 aromatic rings. The molecule has 0 aliphatic carbocycles. The Balaban J connectivity index is 1.44. The number of benzene rings is 5. The number of hydrogen-bond donors (Lipinski definition) is 1. The van der Waals surface area contributed by atoms with Crippen molar-refractivity contribution in [1.29, 1.82) is 0 Å². The van der Waals surface area contributed by atoms with Gasteiger partial charge in [-0.2, -0.15) is 18.3 Å². The number of piperidine rings is 1. The minimum atomic E-state index is -4.68. The number of likely N-dealkylation sites (tertiary alicyclic amines) is 1. The predicted octanol–water partition coefficient (Wildman–Crippen LogP) is 10.2. The lowest BCUT2D eigenvalue weighted by molar-refractivity contribution is -0.137. The Morgan fingerprint density at radius 2 is 1.38 bits per heavy atom. The highest BCUT2D eigenvalue weighted by Gasteiger charge is 2.42. The number of nitrogens with one attached hydrogen (secondary N) is 1. The van der Waals surface area contributed by atoms with Crippen molar-refractivity contribution in [1.82, 2.24) is 14.7 Å². The van der Waals surface area contributed by atoms with Crippen molar-refractivity contribution in [2.45, 2.75) is 50.9 Å². The van der Waals surface area contributed by atoms with Crippen LogP contribution in [0.15, 0.2) is 127 Å². The molecule has 2 amide bonds. The first kappa shape index (κ1) is 38.2. The van der Waals surface area contributed by atoms with Crippen molar-refractivity contribution in [2.75, 3.05) is 25.5 Å². The molecule has 1 N–H and O–H groups in total. The maximum Gasteiger partial charge on any atom is 0.417 e. The number of nitrogens with zero attached hydrogens (tertiary/aromatic N) is 3. The summed E-state index contributed by atoms with van der Waals surface area (Å²) in [4.78, 5) is 28.8. The van der Waals surface area contributed by atoms with Crippen molar-refractivity contribution in [3.8, 4) is 16.9 Å². The highest BCUT2D eigenvalue weighted by Crippen LogP contribution is 2.45. The molecular weight excluding hydrogens is 718 g/mol. The van der Waals surface area contributed by atoms with E-state index in [2.05, 4.69) is 5.32 Å². The van der Waals surface area contributed by atoms with E-state index in [-0.39, 0.29) is 35.1 Å². The van der Waals surface area contributed by atoms with Gasteiger partial charge in [-0.15, -0.1) is 0 Å². The molecule has 0 bridgehead atoms. The lowest BCUT2D eigenvalue weighted by atomic mass is 9.77. The van der Waals surface area contributed by atoms with Gasteiger partial charge in [0.05, 0.1) is 24.1 Å². The van der Waals surface area contributed by atoms with Crippen LogP contribution in [0.5, 0.6) is 5.75 Å². The van der Waals surface area contributed by atoms with Crippen molar-refractivity contribution in [3.63, 3.8) is 0 Å². The Kier molecular flexibility index (Phi) is 10.4. The van der Waals surface area contributed by atoms with Crippen molar-refractivity contribution in [2.24, 2.45) is 5.92 Å². The molecule has 5 aromatic carbocycles. The van der Waals surface area contributed by atoms with E-state index >= 15 is 0 Å². The van der Waals surface area contributed by atoms with Crippen LogP contribution in [0.1, 0.15) is 55.9 Å². The fourth-order valence-corrected chi connectivity index (χ4v) is 7.58. The second-order valence-electron chi connectivity index (χ2n) is 15.0. The number of ether oxygens (including phenoxy) is 2. The van der Waals surface area contributed by atoms with E-state index in [0.717, 1.165) is 22.8 Å². The molecule has 0 radical (unpaired) electrons. The highest BCUT2D eigenvalue weighted by atomic mass is 19.4. The summed E-state index contributed by atoms with van der Waals surface area (Å²) < 4.78 is 56.3. The first-order chi connectivity index (χ1) is 26.8. The number of fused-ring (bicyclic) bond motifs is 1. The van der Waals surface area contributed by atoms with Gasteiger partial charge in [0.25, 0.3) is 0 Å². The van der Waals surface area contributed by atoms with E-state index in [0.29, 0.717) is 30.3 Å². The molecule has 0 saturated carbocycles. The normalized spacial score (nSPS) is 15.1. The fourth-order valence-electron chi connectivity index (χ4n) is 7.58. The zero-order valence-electron chi connectivity index (χ0n) is 31.6. The first-order valence-corrected chi connectivity index (χ1v) is 18.5. The largest absolute Gasteiger partial charge is 0.497 e. The van der Waals surface area contributed by atoms with Crippen molar-refractivity contribution < 1.29 is 32.2 Å². The minimum absolute atomic E-state index is 0.0500. The van der Waals surface area contributed by atoms with Crippen LogP contribution in [0, 0.1) is 5.92 Å². The van der Waals surface area contributed by atoms with Gasteiger partial charge in [0, 0.05) is 18.5 Å². The number of amides is 2. The van der Waals surface area contributed by atoms with Gasteiger partial charge in [0.15, 0.2) is 5.82 Å². The number of rotatable bonds is 8. The Bertz CT molecular complexity index is 2240. The van der Waals surface area contributed by atoms with E-state index in [1.54, 1.807) is 43.9 Å². The van der Waals surface area contributed by atoms with Crippen LogP contribution in [0.3, 0.4) is 0 Å². The summed E-state index contributed by atoms with van der Waals surface area (Å²) in [6.45, 7) is 5.97. The summed E-state index contributed by atoms with van der Waals surface area (Å²) >= 11 is 0. The van der Waals surface area contributed by atoms with E-state index in [1.165, 1.54) is 19.2 Å². The zero-order chi connectivity index (χ0) is 39.7. The quantitative estimate of drug-likeness (QED) is 0.156. The van der Waals surface area contributed by atoms with Gasteiger partial charge in [0.2, 0.25) is 5.91 Å². The number of halogens is 3. The smallest absolute Gasteiger partial charge is 0.417 e. The van der Waals surface area contributed by atoms with E-state index in [4.69, 9.17) is 14.6 Å². The van der Waals surface area contributed by atoms with Gasteiger partial charge in [-0.3, -0.25) is 4.79 Å². The van der Waals surface area contributed by atoms with Gasteiger partial charge in [0.1, 0.15) is 16.9 Å². The Morgan fingerprint density at radius 3 is 1.91 bits per heavy atom. The molecule has 56 heavy (non-hydrogen) atoms. The predicted molar refractivity (Wildman–Crippen MR) is 210 cm³/mol. The summed E-state index contributed by atoms with van der Waals surface area (Å²) in [7, 11) is 1.32. The lowest BCUT2D eigenvalue weighted by Gasteiger charge is -2.37. The van der Waals surface area contributed by atoms with Crippen LogP contribution in [-0.4, -0.2) is 52.5 Å². The molecule has 7 rings (SSSR count). The average molecular weight is 761 g/mol. The molecule has 1 fully saturated rings. The topological polar surface area (TPSA) is 85.7 Å². The minimum Gasteiger partial charge on any atom is -0.497 e. The van der Waals surface area contributed by atoms with E-state index < -0.39 is 34.9 Å². The molecule has 8 nitrogen and oxygen atoms in total. The molecule has 1 aromatic heterocycles. The molecule has 11 heteroatoms. The van der Waals surface area contributed by atoms with Crippen LogP contribution in [0.4, 0.5) is 23.8 Å². The molecule has 1 aliphatic rings. The second kappa shape index (κ2) is 15.2. The second-order valence-corrected chi connectivity index (χ2v) is 15.0. The lowest BCUT2D eigenvalue weighted by Crippen LogP contribution is -2.45. The number of methoxy groups -OCH3 is 1. The molecule has 2 heterocycles. The van der Waals surface area contributed by atoms with E-state index in [1.807, 2.05) is 95.7 Å². The molecule has 1 atom stereocenters. The van der Waals surface area contributed by atoms with Gasteiger partial charge in [-0.25, -0.2) is 9.48 Å². The van der Waals surface area contributed by atoms with Gasteiger partial charge >= 0.3 is 12.3 Å². The summed E-state index contributed by atoms with van der Waals surface area (Å²) in [5.74, 6) is -0.690. The molecule has 1 saturated heterocycles. The summed E-state index contributed by atoms with van der Waals surface area (Å²) in [5.41, 5.74) is 0.770. The van der Waals surface area contributed by atoms with Crippen molar-refractivity contribution >= 4 is 28.7 Å². The number of aromatic nitrogens is 2. The summed E-state index contributed by atoms with van der Waals surface area (Å²) in [6, 6.07) is 38.5. The van der Waals surface area contributed by atoms with E-state index in [9.17, 15) is 22.8 Å². The Labute approximate surface area is 323 Å². The third-order valence-electron chi connectivity index (χ3n) is 10.1. The maximum absolute atomic E-state index is 14.6. The van der Waals surface area contributed by atoms with Gasteiger partial charge in [-0.05, 0) is 85.7 Å². The Morgan fingerprint density at radius 1 is 0.786 bits per heavy atom. The number of carbonyl (C=O) groups excluding carboxylic acids is 2. The summed E-state index contributed by atoms with van der Waals surface area (Å²) in [6.07, 6.45) is -4.05. The molecular formula is C45H43F3N4O4.